The number of nitrogens with zero attached hydrogens (tertiary/aromatic N) is 3. The van der Waals surface area contributed by atoms with Crippen molar-refractivity contribution < 1.29 is 4.79 Å². The lowest BCUT2D eigenvalue weighted by molar-refractivity contribution is 0.0985. The molecule has 0 saturated carbocycles. The Morgan fingerprint density at radius 2 is 1.73 bits per heavy atom. The number of halogens is 3. The molecule has 3 aromatic rings. The average Bonchev–Trinajstić information content (AvgIpc) is 2.99. The van der Waals surface area contributed by atoms with Crippen LogP contribution in [0.25, 0.3) is 10.2 Å². The number of carbonyl (C=O) groups excluding carboxylic acids is 1. The number of aromatic nitrogens is 1. The van der Waals surface area contributed by atoms with Gasteiger partial charge in [-0.3, -0.25) is 9.69 Å². The van der Waals surface area contributed by atoms with Crippen LogP contribution in [-0.2, 0) is 0 Å². The summed E-state index contributed by atoms with van der Waals surface area (Å²) in [5.41, 5.74) is 1.16. The quantitative estimate of drug-likeness (QED) is 0.541. The summed E-state index contributed by atoms with van der Waals surface area (Å²) in [6.45, 7) is 1.16. The van der Waals surface area contributed by atoms with Gasteiger partial charge in [0.15, 0.2) is 5.13 Å². The van der Waals surface area contributed by atoms with Crippen LogP contribution in [0.2, 0.25) is 15.1 Å². The fraction of sp³-hybridized carbons (Fsp3) is 0.222. The monoisotopic (exact) mass is 427 g/mol. The normalized spacial score (nSPS) is 11.3. The fourth-order valence-corrected chi connectivity index (χ4v) is 4.03. The molecule has 0 aliphatic carbocycles. The lowest BCUT2D eigenvalue weighted by atomic mass is 10.2. The molecule has 4 nitrogen and oxygen atoms in total. The molecular weight excluding hydrogens is 413 g/mol. The molecule has 0 atom stereocenters. The highest BCUT2D eigenvalue weighted by Gasteiger charge is 2.23. The number of hydrogen-bond donors (Lipinski definition) is 0. The van der Waals surface area contributed by atoms with E-state index in [9.17, 15) is 4.79 Å². The number of benzene rings is 2. The first kappa shape index (κ1) is 19.4. The van der Waals surface area contributed by atoms with Gasteiger partial charge in [-0.05, 0) is 50.5 Å². The smallest absolute Gasteiger partial charge is 0.261 e. The van der Waals surface area contributed by atoms with Crippen LogP contribution in [0.15, 0.2) is 36.4 Å². The van der Waals surface area contributed by atoms with E-state index in [4.69, 9.17) is 34.8 Å². The van der Waals surface area contributed by atoms with Crippen LogP contribution in [0, 0.1) is 0 Å². The first-order valence-corrected chi connectivity index (χ1v) is 9.78. The van der Waals surface area contributed by atoms with E-state index in [1.165, 1.54) is 11.3 Å². The van der Waals surface area contributed by atoms with Crippen LogP contribution in [0.4, 0.5) is 5.13 Å². The minimum absolute atomic E-state index is 0.232. The molecule has 0 aliphatic heterocycles. The molecule has 0 N–H and O–H groups in total. The summed E-state index contributed by atoms with van der Waals surface area (Å²) >= 11 is 19.8. The highest BCUT2D eigenvalue weighted by atomic mass is 35.5. The van der Waals surface area contributed by atoms with Gasteiger partial charge in [-0.1, -0.05) is 46.1 Å². The summed E-state index contributed by atoms with van der Waals surface area (Å²) in [7, 11) is 3.90. The van der Waals surface area contributed by atoms with Gasteiger partial charge in [0.05, 0.1) is 20.8 Å². The van der Waals surface area contributed by atoms with Crippen LogP contribution in [0.1, 0.15) is 10.4 Å². The summed E-state index contributed by atoms with van der Waals surface area (Å²) in [4.78, 5) is 21.4. The molecule has 1 aromatic heterocycles. The topological polar surface area (TPSA) is 36.4 Å². The van der Waals surface area contributed by atoms with Crippen LogP contribution < -0.4 is 4.90 Å². The Bertz CT molecular complexity index is 958. The number of likely N-dealkylation sites (N-methyl/N-ethyl adjacent to an activating group) is 1. The minimum atomic E-state index is -0.232. The van der Waals surface area contributed by atoms with Gasteiger partial charge in [-0.15, -0.1) is 0 Å². The SMILES string of the molecule is CN(C)CCN(C(=O)c1cc(Cl)ccc1Cl)c1nc2ccc(Cl)cc2s1. The standard InChI is InChI=1S/C18H16Cl3N3OS/c1-23(2)7-8-24(17(25)13-9-11(19)3-5-14(13)21)18-22-15-6-4-12(20)10-16(15)26-18/h3-6,9-10H,7-8H2,1-2H3. The van der Waals surface area contributed by atoms with E-state index in [0.29, 0.717) is 38.9 Å². The molecule has 0 fully saturated rings. The molecule has 0 saturated heterocycles. The second-order valence-corrected chi connectivity index (χ2v) is 8.28. The Morgan fingerprint density at radius 3 is 2.46 bits per heavy atom. The largest absolute Gasteiger partial charge is 0.308 e. The zero-order valence-electron chi connectivity index (χ0n) is 14.2. The van der Waals surface area contributed by atoms with Gasteiger partial charge in [-0.2, -0.15) is 0 Å². The Morgan fingerprint density at radius 1 is 1.04 bits per heavy atom. The van der Waals surface area contributed by atoms with Gasteiger partial charge < -0.3 is 4.90 Å². The van der Waals surface area contributed by atoms with E-state index in [0.717, 1.165) is 10.2 Å². The van der Waals surface area contributed by atoms with Crippen molar-refractivity contribution in [1.29, 1.82) is 0 Å². The van der Waals surface area contributed by atoms with Crippen LogP contribution >= 0.6 is 46.1 Å². The van der Waals surface area contributed by atoms with Gasteiger partial charge in [-0.25, -0.2) is 4.98 Å². The molecule has 0 spiro atoms. The van der Waals surface area contributed by atoms with Crippen molar-refractivity contribution in [3.63, 3.8) is 0 Å². The first-order valence-electron chi connectivity index (χ1n) is 7.83. The molecule has 26 heavy (non-hydrogen) atoms. The predicted octanol–water partition coefficient (Wildman–Crippen LogP) is 5.46. The summed E-state index contributed by atoms with van der Waals surface area (Å²) < 4.78 is 0.923. The van der Waals surface area contributed by atoms with Crippen LogP contribution in [0.5, 0.6) is 0 Å². The van der Waals surface area contributed by atoms with E-state index >= 15 is 0 Å². The highest BCUT2D eigenvalue weighted by Crippen LogP contribution is 2.32. The van der Waals surface area contributed by atoms with Crippen molar-refractivity contribution in [3.05, 3.63) is 57.0 Å². The molecule has 0 radical (unpaired) electrons. The Balaban J connectivity index is 2.03. The fourth-order valence-electron chi connectivity index (χ4n) is 2.39. The third kappa shape index (κ3) is 4.30. The van der Waals surface area contributed by atoms with Gasteiger partial charge in [0.2, 0.25) is 0 Å². The lowest BCUT2D eigenvalue weighted by Crippen LogP contribution is -2.36. The van der Waals surface area contributed by atoms with Crippen molar-refractivity contribution in [3.8, 4) is 0 Å². The van der Waals surface area contributed by atoms with Crippen LogP contribution in [0.3, 0.4) is 0 Å². The number of amides is 1. The number of hydrogen-bond acceptors (Lipinski definition) is 4. The van der Waals surface area contributed by atoms with Crippen molar-refractivity contribution in [2.24, 2.45) is 0 Å². The number of rotatable bonds is 5. The van der Waals surface area contributed by atoms with Gasteiger partial charge in [0.25, 0.3) is 5.91 Å². The summed E-state index contributed by atoms with van der Waals surface area (Å²) in [5.74, 6) is -0.232. The molecule has 0 aliphatic rings. The molecule has 1 amide bonds. The highest BCUT2D eigenvalue weighted by molar-refractivity contribution is 7.22. The molecule has 2 aromatic carbocycles. The molecule has 0 unspecified atom stereocenters. The second kappa shape index (κ2) is 8.11. The Kier molecular flexibility index (Phi) is 6.05. The van der Waals surface area contributed by atoms with Crippen molar-refractivity contribution in [1.82, 2.24) is 9.88 Å². The summed E-state index contributed by atoms with van der Waals surface area (Å²) in [5, 5.41) is 2.06. The number of carbonyl (C=O) groups is 1. The molecule has 8 heteroatoms. The van der Waals surface area contributed by atoms with Crippen molar-refractivity contribution in [2.75, 3.05) is 32.1 Å². The van der Waals surface area contributed by atoms with Gasteiger partial charge in [0.1, 0.15) is 0 Å². The maximum absolute atomic E-state index is 13.2. The first-order chi connectivity index (χ1) is 12.3. The van der Waals surface area contributed by atoms with E-state index < -0.39 is 0 Å². The number of fused-ring (bicyclic) bond motifs is 1. The molecular formula is C18H16Cl3N3OS. The van der Waals surface area contributed by atoms with E-state index in [-0.39, 0.29) is 5.91 Å². The zero-order chi connectivity index (χ0) is 18.8. The maximum atomic E-state index is 13.2. The number of anilines is 1. The third-order valence-corrected chi connectivity index (χ3v) is 5.59. The maximum Gasteiger partial charge on any atom is 0.261 e. The Labute approximate surface area is 170 Å². The average molecular weight is 429 g/mol. The molecule has 0 bridgehead atoms. The van der Waals surface area contributed by atoms with Gasteiger partial charge >= 0.3 is 0 Å². The Hall–Kier alpha value is -1.37. The van der Waals surface area contributed by atoms with Gasteiger partial charge in [0, 0.05) is 23.1 Å². The number of thiazole rings is 1. The summed E-state index contributed by atoms with van der Waals surface area (Å²) in [6, 6.07) is 10.3. The van der Waals surface area contributed by atoms with Crippen LogP contribution in [-0.4, -0.2) is 43.0 Å². The van der Waals surface area contributed by atoms with E-state index in [2.05, 4.69) is 4.98 Å². The zero-order valence-corrected chi connectivity index (χ0v) is 17.3. The summed E-state index contributed by atoms with van der Waals surface area (Å²) in [6.07, 6.45) is 0. The van der Waals surface area contributed by atoms with Crippen molar-refractivity contribution >= 4 is 67.4 Å². The lowest BCUT2D eigenvalue weighted by Gasteiger charge is -2.22. The third-order valence-electron chi connectivity index (χ3n) is 3.74. The minimum Gasteiger partial charge on any atom is -0.308 e. The predicted molar refractivity (Wildman–Crippen MR) is 111 cm³/mol. The van der Waals surface area contributed by atoms with E-state index in [1.54, 1.807) is 29.2 Å². The second-order valence-electron chi connectivity index (χ2n) is 5.99. The van der Waals surface area contributed by atoms with E-state index in [1.807, 2.05) is 31.1 Å². The molecule has 3 rings (SSSR count). The molecule has 1 heterocycles. The molecule has 136 valence electrons. The van der Waals surface area contributed by atoms with Crippen molar-refractivity contribution in [2.45, 2.75) is 0 Å².